The van der Waals surface area contributed by atoms with Gasteiger partial charge in [0.2, 0.25) is 0 Å². The Morgan fingerprint density at radius 1 is 0.410 bits per heavy atom. The van der Waals surface area contributed by atoms with E-state index in [1.165, 1.54) is 38.1 Å². The second-order valence-corrected chi connectivity index (χ2v) is 10.2. The summed E-state index contributed by atoms with van der Waals surface area (Å²) < 4.78 is 11.2. The van der Waals surface area contributed by atoms with Crippen LogP contribution in [0.4, 0.5) is 0 Å². The molecule has 8 aromatic rings. The van der Waals surface area contributed by atoms with Gasteiger partial charge in [-0.2, -0.15) is 0 Å². The van der Waals surface area contributed by atoms with Crippen molar-refractivity contribution in [1.29, 1.82) is 0 Å². The van der Waals surface area contributed by atoms with Gasteiger partial charge >= 0.3 is 0 Å². The van der Waals surface area contributed by atoms with Crippen molar-refractivity contribution >= 4 is 43.6 Å². The fourth-order valence-corrected chi connectivity index (χ4v) is 6.42. The van der Waals surface area contributed by atoms with Crippen molar-refractivity contribution in [3.8, 4) is 34.0 Å². The molecule has 1 aliphatic rings. The molecule has 0 N–H and O–H groups in total. The van der Waals surface area contributed by atoms with Gasteiger partial charge in [0.25, 0.3) is 0 Å². The van der Waals surface area contributed by atoms with Crippen LogP contribution in [0, 0.1) is 0 Å². The molecule has 0 aliphatic carbocycles. The average Bonchev–Trinajstić information content (AvgIpc) is 3.52. The van der Waals surface area contributed by atoms with E-state index in [1.807, 2.05) is 0 Å². The minimum atomic E-state index is 0.871. The maximum Gasteiger partial charge on any atom is 0.152 e. The molecule has 0 fully saturated rings. The molecule has 1 aliphatic heterocycles. The summed E-state index contributed by atoms with van der Waals surface area (Å²) in [4.78, 5) is 0. The van der Waals surface area contributed by atoms with Gasteiger partial charge in [-0.25, -0.2) is 0 Å². The third-order valence-electron chi connectivity index (χ3n) is 8.10. The summed E-state index contributed by atoms with van der Waals surface area (Å²) in [6.45, 7) is 0. The van der Waals surface area contributed by atoms with E-state index in [9.17, 15) is 0 Å². The molecule has 0 saturated carbocycles. The van der Waals surface area contributed by atoms with Crippen molar-refractivity contribution in [3.05, 3.63) is 133 Å². The maximum absolute atomic E-state index is 6.53. The van der Waals surface area contributed by atoms with Crippen LogP contribution in [0.2, 0.25) is 0 Å². The van der Waals surface area contributed by atoms with Crippen LogP contribution in [0.15, 0.2) is 133 Å². The van der Waals surface area contributed by atoms with E-state index < -0.39 is 0 Å². The quantitative estimate of drug-likeness (QED) is 0.232. The minimum absolute atomic E-state index is 0.871. The Balaban J connectivity index is 1.23. The Bertz CT molecular complexity index is 2210. The van der Waals surface area contributed by atoms with E-state index in [1.54, 1.807) is 0 Å². The molecule has 3 heteroatoms. The van der Waals surface area contributed by atoms with Crippen LogP contribution in [-0.4, -0.2) is 9.13 Å². The highest BCUT2D eigenvalue weighted by Gasteiger charge is 2.24. The van der Waals surface area contributed by atoms with Crippen LogP contribution in [0.5, 0.6) is 11.5 Å². The van der Waals surface area contributed by atoms with Gasteiger partial charge in [-0.1, -0.05) is 84.9 Å². The Morgan fingerprint density at radius 3 is 1.74 bits per heavy atom. The first-order valence-corrected chi connectivity index (χ1v) is 13.3. The number of hydrogen-bond donors (Lipinski definition) is 0. The number of para-hydroxylation sites is 4. The second-order valence-electron chi connectivity index (χ2n) is 10.2. The van der Waals surface area contributed by atoms with E-state index in [0.717, 1.165) is 39.5 Å². The van der Waals surface area contributed by atoms with Gasteiger partial charge in [-0.3, -0.25) is 0 Å². The normalized spacial score (nSPS) is 12.3. The molecule has 3 heterocycles. The van der Waals surface area contributed by atoms with Gasteiger partial charge < -0.3 is 13.9 Å². The third-order valence-corrected chi connectivity index (χ3v) is 8.10. The molecule has 0 bridgehead atoms. The second kappa shape index (κ2) is 7.62. The predicted octanol–water partition coefficient (Wildman–Crippen LogP) is 9.65. The molecule has 9 rings (SSSR count). The van der Waals surface area contributed by atoms with Crippen LogP contribution >= 0.6 is 0 Å². The number of benzene rings is 6. The summed E-state index contributed by atoms with van der Waals surface area (Å²) in [5.74, 6) is 1.77. The number of aromatic nitrogens is 2. The fraction of sp³-hybridized carbons (Fsp3) is 0. The zero-order chi connectivity index (χ0) is 25.5. The summed E-state index contributed by atoms with van der Waals surface area (Å²) in [5, 5.41) is 5.00. The lowest BCUT2D eigenvalue weighted by Gasteiger charge is -2.22. The van der Waals surface area contributed by atoms with Crippen LogP contribution in [-0.2, 0) is 0 Å². The standard InChI is InChI=1S/C36H22N2O/c1-4-15-30-26(11-1)27-12-2-5-16-31(27)37(30)25-10-7-9-23(21-25)24-19-20-33-35(22-24)39-34-18-8-14-29-28-13-3-6-17-32(28)38(33)36(29)34/h1-22H. The first kappa shape index (κ1) is 20.7. The summed E-state index contributed by atoms with van der Waals surface area (Å²) >= 11 is 0. The molecule has 182 valence electrons. The Morgan fingerprint density at radius 2 is 1.00 bits per heavy atom. The summed E-state index contributed by atoms with van der Waals surface area (Å²) in [7, 11) is 0. The van der Waals surface area contributed by atoms with E-state index in [-0.39, 0.29) is 0 Å². The molecule has 6 aromatic carbocycles. The largest absolute Gasteiger partial charge is 0.453 e. The lowest BCUT2D eigenvalue weighted by Crippen LogP contribution is -2.04. The lowest BCUT2D eigenvalue weighted by molar-refractivity contribution is 0.476. The molecular formula is C36H22N2O. The Labute approximate surface area is 224 Å². The van der Waals surface area contributed by atoms with Crippen LogP contribution in [0.25, 0.3) is 66.1 Å². The summed E-state index contributed by atoms with van der Waals surface area (Å²) in [6.07, 6.45) is 0. The van der Waals surface area contributed by atoms with Gasteiger partial charge in [0, 0.05) is 27.2 Å². The average molecular weight is 499 g/mol. The van der Waals surface area contributed by atoms with E-state index >= 15 is 0 Å². The van der Waals surface area contributed by atoms with Gasteiger partial charge in [-0.05, 0) is 59.7 Å². The van der Waals surface area contributed by atoms with Crippen LogP contribution in [0.3, 0.4) is 0 Å². The molecule has 0 radical (unpaired) electrons. The summed E-state index contributed by atoms with van der Waals surface area (Å²) in [6, 6.07) is 47.6. The highest BCUT2D eigenvalue weighted by Crippen LogP contribution is 2.46. The van der Waals surface area contributed by atoms with Crippen molar-refractivity contribution in [3.63, 3.8) is 0 Å². The molecule has 0 amide bonds. The van der Waals surface area contributed by atoms with Crippen LogP contribution < -0.4 is 4.74 Å². The molecule has 0 spiro atoms. The molecule has 0 unspecified atom stereocenters. The fourth-order valence-electron chi connectivity index (χ4n) is 6.42. The third kappa shape index (κ3) is 2.82. The SMILES string of the molecule is c1cc(-c2ccc3c(c2)Oc2cccc4c5ccccc5n-3c24)cc(-n2c3ccccc3c3ccccc32)c1. The van der Waals surface area contributed by atoms with Crippen molar-refractivity contribution in [1.82, 2.24) is 9.13 Å². The van der Waals surface area contributed by atoms with Crippen molar-refractivity contribution in [2.75, 3.05) is 0 Å². The molecule has 2 aromatic heterocycles. The number of hydrogen-bond acceptors (Lipinski definition) is 1. The van der Waals surface area contributed by atoms with Gasteiger partial charge in [0.1, 0.15) is 0 Å². The lowest BCUT2D eigenvalue weighted by atomic mass is 10.0. The minimum Gasteiger partial charge on any atom is -0.453 e. The molecular weight excluding hydrogens is 476 g/mol. The number of rotatable bonds is 2. The molecule has 0 atom stereocenters. The Hall–Kier alpha value is -5.28. The molecule has 0 saturated heterocycles. The zero-order valence-corrected chi connectivity index (χ0v) is 21.0. The first-order valence-electron chi connectivity index (χ1n) is 13.3. The highest BCUT2D eigenvalue weighted by molar-refractivity contribution is 6.12. The predicted molar refractivity (Wildman–Crippen MR) is 161 cm³/mol. The van der Waals surface area contributed by atoms with E-state index in [4.69, 9.17) is 4.74 Å². The van der Waals surface area contributed by atoms with E-state index in [2.05, 4.69) is 143 Å². The van der Waals surface area contributed by atoms with Crippen molar-refractivity contribution in [2.24, 2.45) is 0 Å². The maximum atomic E-state index is 6.53. The van der Waals surface area contributed by atoms with Crippen molar-refractivity contribution < 1.29 is 4.74 Å². The number of ether oxygens (including phenoxy) is 1. The number of fused-ring (bicyclic) bond motifs is 8. The molecule has 39 heavy (non-hydrogen) atoms. The molecule has 3 nitrogen and oxygen atoms in total. The smallest absolute Gasteiger partial charge is 0.152 e. The van der Waals surface area contributed by atoms with Crippen LogP contribution in [0.1, 0.15) is 0 Å². The van der Waals surface area contributed by atoms with Gasteiger partial charge in [0.15, 0.2) is 11.5 Å². The zero-order valence-electron chi connectivity index (χ0n) is 21.0. The highest BCUT2D eigenvalue weighted by atomic mass is 16.5. The van der Waals surface area contributed by atoms with Crippen molar-refractivity contribution in [2.45, 2.75) is 0 Å². The van der Waals surface area contributed by atoms with Gasteiger partial charge in [-0.15, -0.1) is 0 Å². The monoisotopic (exact) mass is 498 g/mol. The number of nitrogens with zero attached hydrogens (tertiary/aromatic N) is 2. The van der Waals surface area contributed by atoms with Gasteiger partial charge in [0.05, 0.1) is 27.8 Å². The summed E-state index contributed by atoms with van der Waals surface area (Å²) in [5.41, 5.74) is 9.26. The topological polar surface area (TPSA) is 19.1 Å². The van der Waals surface area contributed by atoms with E-state index in [0.29, 0.717) is 0 Å². The Kier molecular flexibility index (Phi) is 4.05. The first-order chi connectivity index (χ1) is 19.3.